The molecule has 0 aromatic heterocycles. The minimum absolute atomic E-state index is 0.151. The van der Waals surface area contributed by atoms with E-state index in [9.17, 15) is 0 Å². The van der Waals surface area contributed by atoms with Crippen LogP contribution >= 0.6 is 0 Å². The van der Waals surface area contributed by atoms with E-state index in [2.05, 4.69) is 47.6 Å². The molecule has 0 saturated carbocycles. The van der Waals surface area contributed by atoms with Crippen molar-refractivity contribution in [2.24, 2.45) is 0 Å². The topological polar surface area (TPSA) is 18.5 Å². The molecular weight excluding hydrogens is 199 g/mol. The second kappa shape index (κ2) is 4.93. The first-order valence-electron chi connectivity index (χ1n) is 6.38. The molecule has 0 N–H and O–H groups in total. The molecule has 2 nitrogen and oxygen atoms in total. The van der Waals surface area contributed by atoms with Gasteiger partial charge in [-0.15, -0.1) is 0 Å². The predicted octanol–water partition coefficient (Wildman–Crippen LogP) is 3.75. The van der Waals surface area contributed by atoms with E-state index in [-0.39, 0.29) is 18.3 Å². The molecule has 1 saturated heterocycles. The molecule has 1 fully saturated rings. The van der Waals surface area contributed by atoms with Gasteiger partial charge >= 0.3 is 7.12 Å². The number of rotatable bonds is 4. The SMILES string of the molecule is CCC/C=C(\CC)B1OC(C)(C)C(C)(C)O1. The summed E-state index contributed by atoms with van der Waals surface area (Å²) in [6.45, 7) is 12.7. The average Bonchev–Trinajstić information content (AvgIpc) is 2.37. The van der Waals surface area contributed by atoms with Crippen molar-refractivity contribution in [3.05, 3.63) is 11.5 Å². The van der Waals surface area contributed by atoms with Crippen LogP contribution in [0, 0.1) is 0 Å². The third-order valence-corrected chi connectivity index (χ3v) is 3.66. The zero-order valence-electron chi connectivity index (χ0n) is 11.6. The summed E-state index contributed by atoms with van der Waals surface area (Å²) in [6, 6.07) is 0. The Bertz CT molecular complexity index is 253. The van der Waals surface area contributed by atoms with Gasteiger partial charge in [0.25, 0.3) is 0 Å². The largest absolute Gasteiger partial charge is 0.490 e. The highest BCUT2D eigenvalue weighted by atomic mass is 16.7. The minimum atomic E-state index is -0.224. The molecule has 1 rings (SSSR count). The monoisotopic (exact) mass is 224 g/mol. The number of hydrogen-bond acceptors (Lipinski definition) is 2. The molecule has 0 aliphatic carbocycles. The van der Waals surface area contributed by atoms with Crippen LogP contribution in [0.1, 0.15) is 60.8 Å². The molecule has 0 spiro atoms. The highest BCUT2D eigenvalue weighted by molar-refractivity contribution is 6.54. The smallest absolute Gasteiger partial charge is 0.400 e. The first-order chi connectivity index (χ1) is 7.34. The number of allylic oxidation sites excluding steroid dienone is 2. The first-order valence-corrected chi connectivity index (χ1v) is 6.38. The summed E-state index contributed by atoms with van der Waals surface area (Å²) in [5.41, 5.74) is 0.830. The lowest BCUT2D eigenvalue weighted by molar-refractivity contribution is 0.00578. The molecule has 0 amide bonds. The van der Waals surface area contributed by atoms with Crippen molar-refractivity contribution in [3.8, 4) is 0 Å². The fourth-order valence-electron chi connectivity index (χ4n) is 1.73. The second-order valence-electron chi connectivity index (χ2n) is 5.51. The lowest BCUT2D eigenvalue weighted by atomic mass is 9.76. The summed E-state index contributed by atoms with van der Waals surface area (Å²) in [7, 11) is -0.151. The third kappa shape index (κ3) is 2.69. The van der Waals surface area contributed by atoms with Crippen LogP contribution in [0.15, 0.2) is 11.5 Å². The van der Waals surface area contributed by atoms with Crippen LogP contribution in [-0.4, -0.2) is 18.3 Å². The highest BCUT2D eigenvalue weighted by Crippen LogP contribution is 2.39. The number of unbranched alkanes of at least 4 members (excludes halogenated alkanes) is 1. The van der Waals surface area contributed by atoms with Gasteiger partial charge in [-0.2, -0.15) is 0 Å². The third-order valence-electron chi connectivity index (χ3n) is 3.66. The molecule has 16 heavy (non-hydrogen) atoms. The number of hydrogen-bond donors (Lipinski definition) is 0. The fraction of sp³-hybridized carbons (Fsp3) is 0.846. The van der Waals surface area contributed by atoms with Crippen molar-refractivity contribution in [2.45, 2.75) is 72.0 Å². The molecule has 92 valence electrons. The van der Waals surface area contributed by atoms with Crippen molar-refractivity contribution in [1.82, 2.24) is 0 Å². The van der Waals surface area contributed by atoms with E-state index in [4.69, 9.17) is 9.31 Å². The van der Waals surface area contributed by atoms with Crippen molar-refractivity contribution in [2.75, 3.05) is 0 Å². The zero-order valence-corrected chi connectivity index (χ0v) is 11.6. The molecule has 0 radical (unpaired) electrons. The van der Waals surface area contributed by atoms with Crippen LogP contribution in [0.25, 0.3) is 0 Å². The normalized spacial score (nSPS) is 23.9. The quantitative estimate of drug-likeness (QED) is 0.677. The standard InChI is InChI=1S/C13H25BO2/c1-7-9-10-11(8-2)14-15-12(3,4)13(5,6)16-14/h10H,7-9H2,1-6H3/b11-10+. The van der Waals surface area contributed by atoms with Crippen molar-refractivity contribution in [3.63, 3.8) is 0 Å². The van der Waals surface area contributed by atoms with E-state index in [0.29, 0.717) is 0 Å². The maximum absolute atomic E-state index is 6.02. The average molecular weight is 224 g/mol. The summed E-state index contributed by atoms with van der Waals surface area (Å²) in [6.07, 6.45) is 5.54. The van der Waals surface area contributed by atoms with Gasteiger partial charge in [0.15, 0.2) is 0 Å². The molecule has 0 aromatic carbocycles. The van der Waals surface area contributed by atoms with Gasteiger partial charge < -0.3 is 9.31 Å². The zero-order chi connectivity index (χ0) is 12.4. The van der Waals surface area contributed by atoms with E-state index in [1.54, 1.807) is 0 Å². The predicted molar refractivity (Wildman–Crippen MR) is 69.4 cm³/mol. The van der Waals surface area contributed by atoms with Crippen molar-refractivity contribution >= 4 is 7.12 Å². The molecule has 0 bridgehead atoms. The Kier molecular flexibility index (Phi) is 4.25. The summed E-state index contributed by atoms with van der Waals surface area (Å²) < 4.78 is 12.0. The van der Waals surface area contributed by atoms with Crippen LogP contribution in [0.2, 0.25) is 0 Å². The Morgan fingerprint density at radius 2 is 1.56 bits per heavy atom. The lowest BCUT2D eigenvalue weighted by Crippen LogP contribution is -2.41. The molecular formula is C13H25BO2. The lowest BCUT2D eigenvalue weighted by Gasteiger charge is -2.32. The highest BCUT2D eigenvalue weighted by Gasteiger charge is 2.51. The Morgan fingerprint density at radius 1 is 1.06 bits per heavy atom. The Balaban J connectivity index is 2.77. The van der Waals surface area contributed by atoms with Gasteiger partial charge in [0.2, 0.25) is 0 Å². The van der Waals surface area contributed by atoms with Gasteiger partial charge in [0, 0.05) is 0 Å². The molecule has 1 aliphatic rings. The van der Waals surface area contributed by atoms with Crippen molar-refractivity contribution < 1.29 is 9.31 Å². The summed E-state index contributed by atoms with van der Waals surface area (Å²) in [4.78, 5) is 0. The van der Waals surface area contributed by atoms with Crippen LogP contribution in [-0.2, 0) is 9.31 Å². The molecule has 1 aliphatic heterocycles. The van der Waals surface area contributed by atoms with Gasteiger partial charge in [0.1, 0.15) is 0 Å². The molecule has 0 aromatic rings. The maximum Gasteiger partial charge on any atom is 0.490 e. The second-order valence-corrected chi connectivity index (χ2v) is 5.51. The van der Waals surface area contributed by atoms with E-state index >= 15 is 0 Å². The maximum atomic E-state index is 6.02. The van der Waals surface area contributed by atoms with Gasteiger partial charge in [-0.3, -0.25) is 0 Å². The van der Waals surface area contributed by atoms with Gasteiger partial charge in [-0.25, -0.2) is 0 Å². The van der Waals surface area contributed by atoms with Crippen LogP contribution in [0.5, 0.6) is 0 Å². The first kappa shape index (κ1) is 13.8. The summed E-state index contributed by atoms with van der Waals surface area (Å²) >= 11 is 0. The summed E-state index contributed by atoms with van der Waals surface area (Å²) in [5.74, 6) is 0. The Hall–Kier alpha value is -0.275. The Labute approximate surface area is 101 Å². The van der Waals surface area contributed by atoms with Crippen LogP contribution in [0.4, 0.5) is 0 Å². The molecule has 0 unspecified atom stereocenters. The Morgan fingerprint density at radius 3 is 1.94 bits per heavy atom. The minimum Gasteiger partial charge on any atom is -0.400 e. The van der Waals surface area contributed by atoms with E-state index < -0.39 is 0 Å². The molecule has 0 atom stereocenters. The van der Waals surface area contributed by atoms with Gasteiger partial charge in [0.05, 0.1) is 11.2 Å². The molecule has 3 heteroatoms. The van der Waals surface area contributed by atoms with E-state index in [1.165, 1.54) is 11.9 Å². The van der Waals surface area contributed by atoms with Gasteiger partial charge in [-0.1, -0.05) is 26.3 Å². The van der Waals surface area contributed by atoms with Crippen LogP contribution < -0.4 is 0 Å². The van der Waals surface area contributed by atoms with E-state index in [0.717, 1.165) is 12.8 Å². The van der Waals surface area contributed by atoms with E-state index in [1.807, 2.05) is 0 Å². The van der Waals surface area contributed by atoms with Gasteiger partial charge in [-0.05, 0) is 46.0 Å². The molecule has 1 heterocycles. The fourth-order valence-corrected chi connectivity index (χ4v) is 1.73. The van der Waals surface area contributed by atoms with Crippen molar-refractivity contribution in [1.29, 1.82) is 0 Å². The summed E-state index contributed by atoms with van der Waals surface area (Å²) in [5, 5.41) is 0. The van der Waals surface area contributed by atoms with Crippen LogP contribution in [0.3, 0.4) is 0 Å².